The molecule has 0 spiro atoms. The van der Waals surface area contributed by atoms with Gasteiger partial charge < -0.3 is 9.64 Å². The highest BCUT2D eigenvalue weighted by Gasteiger charge is 2.31. The minimum absolute atomic E-state index is 0.0124. The quantitative estimate of drug-likeness (QED) is 0.665. The number of benzene rings is 2. The van der Waals surface area contributed by atoms with Gasteiger partial charge in [-0.25, -0.2) is 13.2 Å². The number of carbonyl (C=O) groups excluding carboxylic acids is 2. The van der Waals surface area contributed by atoms with E-state index in [1.54, 1.807) is 4.90 Å². The van der Waals surface area contributed by atoms with E-state index in [-0.39, 0.29) is 22.4 Å². The molecule has 1 saturated heterocycles. The van der Waals surface area contributed by atoms with Gasteiger partial charge in [0, 0.05) is 24.8 Å². The first kappa shape index (κ1) is 21.5. The molecule has 31 heavy (non-hydrogen) atoms. The number of fused-ring (bicyclic) bond motifs is 1. The highest BCUT2D eigenvalue weighted by molar-refractivity contribution is 7.89. The molecule has 0 aromatic heterocycles. The molecule has 1 amide bonds. The summed E-state index contributed by atoms with van der Waals surface area (Å²) in [7, 11) is -3.65. The van der Waals surface area contributed by atoms with Crippen LogP contribution in [-0.4, -0.2) is 50.3 Å². The van der Waals surface area contributed by atoms with Crippen molar-refractivity contribution in [3.05, 3.63) is 59.7 Å². The van der Waals surface area contributed by atoms with E-state index >= 15 is 0 Å². The molecule has 0 N–H and O–H groups in total. The average Bonchev–Trinajstić information content (AvgIpc) is 3.13. The molecular formula is C23H26N2O5S. The predicted molar refractivity (Wildman–Crippen MR) is 116 cm³/mol. The monoisotopic (exact) mass is 442 g/mol. The first-order chi connectivity index (χ1) is 14.9. The van der Waals surface area contributed by atoms with E-state index in [0.717, 1.165) is 36.9 Å². The van der Waals surface area contributed by atoms with Crippen molar-refractivity contribution < 1.29 is 22.7 Å². The van der Waals surface area contributed by atoms with Crippen LogP contribution in [0.1, 0.15) is 42.1 Å². The molecule has 4 rings (SSSR count). The second-order valence-corrected chi connectivity index (χ2v) is 9.95. The summed E-state index contributed by atoms with van der Waals surface area (Å²) >= 11 is 0. The van der Waals surface area contributed by atoms with E-state index in [2.05, 4.69) is 0 Å². The normalized spacial score (nSPS) is 19.1. The van der Waals surface area contributed by atoms with Crippen LogP contribution in [0.2, 0.25) is 0 Å². The third-order valence-corrected chi connectivity index (χ3v) is 7.72. The Labute approximate surface area is 182 Å². The first-order valence-corrected chi connectivity index (χ1v) is 12.0. The van der Waals surface area contributed by atoms with Crippen molar-refractivity contribution in [2.75, 3.05) is 24.6 Å². The summed E-state index contributed by atoms with van der Waals surface area (Å²) in [6.07, 6.45) is 3.45. The van der Waals surface area contributed by atoms with Gasteiger partial charge in [0.2, 0.25) is 10.0 Å². The number of amides is 1. The molecule has 0 bridgehead atoms. The zero-order valence-corrected chi connectivity index (χ0v) is 18.3. The van der Waals surface area contributed by atoms with Gasteiger partial charge in [-0.15, -0.1) is 0 Å². The van der Waals surface area contributed by atoms with Crippen molar-refractivity contribution in [3.8, 4) is 0 Å². The molecule has 2 aliphatic heterocycles. The Hall–Kier alpha value is -2.71. The third-order valence-electron chi connectivity index (χ3n) is 5.83. The van der Waals surface area contributed by atoms with Crippen molar-refractivity contribution in [1.82, 2.24) is 4.31 Å². The van der Waals surface area contributed by atoms with Crippen LogP contribution in [0.5, 0.6) is 0 Å². The Kier molecular flexibility index (Phi) is 6.11. The number of anilines is 1. The molecule has 2 aromatic carbocycles. The lowest BCUT2D eigenvalue weighted by molar-refractivity contribution is -0.122. The topological polar surface area (TPSA) is 84.0 Å². The molecule has 0 radical (unpaired) electrons. The van der Waals surface area contributed by atoms with Gasteiger partial charge in [-0.3, -0.25) is 4.79 Å². The fourth-order valence-corrected chi connectivity index (χ4v) is 5.83. The zero-order valence-electron chi connectivity index (χ0n) is 17.5. The van der Waals surface area contributed by atoms with Crippen molar-refractivity contribution in [3.63, 3.8) is 0 Å². The van der Waals surface area contributed by atoms with Gasteiger partial charge in [0.25, 0.3) is 5.91 Å². The van der Waals surface area contributed by atoms with E-state index in [1.807, 2.05) is 31.2 Å². The lowest BCUT2D eigenvalue weighted by Gasteiger charge is -2.26. The summed E-state index contributed by atoms with van der Waals surface area (Å²) in [4.78, 5) is 27.0. The van der Waals surface area contributed by atoms with E-state index in [1.165, 1.54) is 28.6 Å². The van der Waals surface area contributed by atoms with Crippen LogP contribution < -0.4 is 4.90 Å². The second-order valence-electron chi connectivity index (χ2n) is 8.01. The lowest BCUT2D eigenvalue weighted by Crippen LogP contribution is -2.38. The first-order valence-electron chi connectivity index (χ1n) is 10.6. The summed E-state index contributed by atoms with van der Waals surface area (Å²) in [6.45, 7) is 2.53. The number of hydrogen-bond donors (Lipinski definition) is 0. The van der Waals surface area contributed by atoms with Crippen molar-refractivity contribution in [1.29, 1.82) is 0 Å². The number of nitrogens with zero attached hydrogens (tertiary/aromatic N) is 2. The van der Waals surface area contributed by atoms with E-state index in [4.69, 9.17) is 4.74 Å². The maximum Gasteiger partial charge on any atom is 0.338 e. The van der Waals surface area contributed by atoms with Crippen LogP contribution in [-0.2, 0) is 26.0 Å². The van der Waals surface area contributed by atoms with Crippen molar-refractivity contribution >= 4 is 27.6 Å². The van der Waals surface area contributed by atoms with Crippen molar-refractivity contribution in [2.24, 2.45) is 0 Å². The number of rotatable bonds is 5. The molecule has 2 aromatic rings. The molecule has 0 saturated carbocycles. The predicted octanol–water partition coefficient (Wildman–Crippen LogP) is 3.00. The van der Waals surface area contributed by atoms with Gasteiger partial charge in [0.05, 0.1) is 10.5 Å². The second kappa shape index (κ2) is 8.80. The highest BCUT2D eigenvalue weighted by atomic mass is 32.2. The number of sulfonamides is 1. The molecule has 0 aliphatic carbocycles. The van der Waals surface area contributed by atoms with Crippen LogP contribution in [0.3, 0.4) is 0 Å². The summed E-state index contributed by atoms with van der Waals surface area (Å²) in [5, 5.41) is 0. The molecular weight excluding hydrogens is 416 g/mol. The number of ether oxygens (including phenoxy) is 1. The Morgan fingerprint density at radius 1 is 1.03 bits per heavy atom. The maximum absolute atomic E-state index is 12.9. The summed E-state index contributed by atoms with van der Waals surface area (Å²) in [5.74, 6) is -1.02. The molecule has 1 atom stereocenters. The van der Waals surface area contributed by atoms with Crippen LogP contribution >= 0.6 is 0 Å². The number of piperidine rings is 1. The fraction of sp³-hybridized carbons (Fsp3) is 0.391. The average molecular weight is 443 g/mol. The summed E-state index contributed by atoms with van der Waals surface area (Å²) in [5.41, 5.74) is 2.04. The standard InChI is InChI=1S/C23H26N2O5S/c1-17-14-18-8-3-4-11-21(18)25(17)22(26)16-30-23(27)19-9-7-10-20(15-19)31(28,29)24-12-5-2-6-13-24/h3-4,7-11,15,17H,2,5-6,12-14,16H2,1H3/t17-/m0/s1. The molecule has 164 valence electrons. The largest absolute Gasteiger partial charge is 0.452 e. The number of esters is 1. The van der Waals surface area contributed by atoms with Crippen LogP contribution in [0, 0.1) is 0 Å². The smallest absolute Gasteiger partial charge is 0.338 e. The van der Waals surface area contributed by atoms with E-state index in [0.29, 0.717) is 13.1 Å². The van der Waals surface area contributed by atoms with Gasteiger partial charge in [-0.2, -0.15) is 4.31 Å². The van der Waals surface area contributed by atoms with E-state index in [9.17, 15) is 18.0 Å². The number of hydrogen-bond acceptors (Lipinski definition) is 5. The minimum atomic E-state index is -3.65. The minimum Gasteiger partial charge on any atom is -0.452 e. The summed E-state index contributed by atoms with van der Waals surface area (Å²) in [6, 6.07) is 13.5. The molecule has 1 fully saturated rings. The lowest BCUT2D eigenvalue weighted by atomic mass is 10.1. The molecule has 8 heteroatoms. The van der Waals surface area contributed by atoms with Gasteiger partial charge in [0.15, 0.2) is 6.61 Å². The fourth-order valence-electron chi connectivity index (χ4n) is 4.26. The van der Waals surface area contributed by atoms with Gasteiger partial charge in [-0.05, 0) is 56.0 Å². The summed E-state index contributed by atoms with van der Waals surface area (Å²) < 4.78 is 32.4. The highest BCUT2D eigenvalue weighted by Crippen LogP contribution is 2.31. The molecule has 0 unspecified atom stereocenters. The number of carbonyl (C=O) groups is 2. The van der Waals surface area contributed by atoms with Gasteiger partial charge in [-0.1, -0.05) is 30.7 Å². The van der Waals surface area contributed by atoms with Gasteiger partial charge >= 0.3 is 5.97 Å². The Morgan fingerprint density at radius 2 is 1.77 bits per heavy atom. The van der Waals surface area contributed by atoms with Crippen LogP contribution in [0.15, 0.2) is 53.4 Å². The third kappa shape index (κ3) is 4.36. The van der Waals surface area contributed by atoms with E-state index < -0.39 is 22.6 Å². The molecule has 2 heterocycles. The maximum atomic E-state index is 12.9. The number of para-hydroxylation sites is 1. The van der Waals surface area contributed by atoms with Crippen LogP contribution in [0.25, 0.3) is 0 Å². The molecule has 7 nitrogen and oxygen atoms in total. The molecule has 2 aliphatic rings. The zero-order chi connectivity index (χ0) is 22.0. The Bertz CT molecular complexity index is 1090. The van der Waals surface area contributed by atoms with Gasteiger partial charge in [0.1, 0.15) is 0 Å². The Balaban J connectivity index is 1.44. The van der Waals surface area contributed by atoms with Crippen LogP contribution in [0.4, 0.5) is 5.69 Å². The SMILES string of the molecule is C[C@H]1Cc2ccccc2N1C(=O)COC(=O)c1cccc(S(=O)(=O)N2CCCCC2)c1. The Morgan fingerprint density at radius 3 is 2.55 bits per heavy atom. The van der Waals surface area contributed by atoms with Crippen molar-refractivity contribution in [2.45, 2.75) is 43.5 Å².